The lowest BCUT2D eigenvalue weighted by atomic mass is 9.87. The molecule has 35 heavy (non-hydrogen) atoms. The van der Waals surface area contributed by atoms with E-state index in [0.29, 0.717) is 11.3 Å². The number of aliphatic carboxylic acids is 1. The minimum atomic E-state index is -3.83. The average Bonchev–Trinajstić information content (AvgIpc) is 3.29. The van der Waals surface area contributed by atoms with E-state index >= 15 is 0 Å². The summed E-state index contributed by atoms with van der Waals surface area (Å²) in [4.78, 5) is 11.2. The first kappa shape index (κ1) is 23.0. The first-order valence-electron chi connectivity index (χ1n) is 11.0. The van der Waals surface area contributed by atoms with E-state index in [1.807, 2.05) is 48.5 Å². The number of rotatable bonds is 8. The van der Waals surface area contributed by atoms with Gasteiger partial charge >= 0.3 is 5.97 Å². The summed E-state index contributed by atoms with van der Waals surface area (Å²) in [5.74, 6) is -0.536. The molecule has 3 aromatic carbocycles. The van der Waals surface area contributed by atoms with Gasteiger partial charge in [0.2, 0.25) is 10.0 Å². The molecule has 4 aromatic rings. The normalized spacial score (nSPS) is 16.5. The Morgan fingerprint density at radius 3 is 2.63 bits per heavy atom. The molecule has 0 amide bonds. The number of benzene rings is 3. The third kappa shape index (κ3) is 4.39. The number of nitrogens with two attached hydrogens (primary N) is 1. The van der Waals surface area contributed by atoms with Gasteiger partial charge in [-0.2, -0.15) is 9.40 Å². The molecule has 0 aliphatic carbocycles. The van der Waals surface area contributed by atoms with E-state index in [-0.39, 0.29) is 24.4 Å². The Hall–Kier alpha value is -3.73. The number of sulfonamides is 1. The van der Waals surface area contributed by atoms with E-state index in [1.165, 1.54) is 16.4 Å². The summed E-state index contributed by atoms with van der Waals surface area (Å²) in [5.41, 5.74) is 7.01. The van der Waals surface area contributed by atoms with Crippen molar-refractivity contribution in [3.63, 3.8) is 0 Å². The molecule has 1 aliphatic rings. The maximum Gasteiger partial charge on any atom is 0.320 e. The fourth-order valence-electron chi connectivity index (χ4n) is 4.27. The first-order chi connectivity index (χ1) is 16.8. The van der Waals surface area contributed by atoms with Gasteiger partial charge in [-0.1, -0.05) is 42.5 Å². The van der Waals surface area contributed by atoms with Crippen LogP contribution in [0.1, 0.15) is 11.1 Å². The molecule has 9 nitrogen and oxygen atoms in total. The van der Waals surface area contributed by atoms with Gasteiger partial charge in [0, 0.05) is 11.5 Å². The van der Waals surface area contributed by atoms with Gasteiger partial charge in [-0.3, -0.25) is 9.89 Å². The van der Waals surface area contributed by atoms with Crippen LogP contribution in [0.4, 0.5) is 0 Å². The number of H-pyrrole nitrogens is 1. The zero-order valence-electron chi connectivity index (χ0n) is 18.7. The van der Waals surface area contributed by atoms with E-state index in [0.717, 1.165) is 16.5 Å². The summed E-state index contributed by atoms with van der Waals surface area (Å²) in [5, 5.41) is 17.0. The minimum Gasteiger partial charge on any atom is -0.480 e. The second kappa shape index (κ2) is 8.81. The van der Waals surface area contributed by atoms with Crippen LogP contribution in [0.25, 0.3) is 10.9 Å². The number of hydrogen-bond acceptors (Lipinski definition) is 6. The van der Waals surface area contributed by atoms with Gasteiger partial charge in [0.15, 0.2) is 5.60 Å². The third-order valence-corrected chi connectivity index (χ3v) is 7.99. The predicted molar refractivity (Wildman–Crippen MR) is 129 cm³/mol. The number of nitrogens with zero attached hydrogens (tertiary/aromatic N) is 2. The van der Waals surface area contributed by atoms with Crippen LogP contribution in [0, 0.1) is 0 Å². The Kier molecular flexibility index (Phi) is 5.79. The van der Waals surface area contributed by atoms with E-state index in [1.54, 1.807) is 18.3 Å². The molecule has 1 saturated heterocycles. The number of nitrogens with one attached hydrogen (secondary N) is 1. The third-order valence-electron chi connectivity index (χ3n) is 6.20. The van der Waals surface area contributed by atoms with E-state index in [4.69, 9.17) is 15.6 Å². The second-order valence-electron chi connectivity index (χ2n) is 8.65. The fraction of sp³-hybridized carbons (Fsp3) is 0.200. The van der Waals surface area contributed by atoms with Crippen molar-refractivity contribution in [2.45, 2.75) is 23.0 Å². The van der Waals surface area contributed by atoms with Crippen molar-refractivity contribution in [2.24, 2.45) is 5.73 Å². The van der Waals surface area contributed by atoms with Gasteiger partial charge in [-0.05, 0) is 41.8 Å². The topological polar surface area (TPSA) is 139 Å². The van der Waals surface area contributed by atoms with Crippen LogP contribution >= 0.6 is 0 Å². The van der Waals surface area contributed by atoms with Crippen molar-refractivity contribution in [3.8, 4) is 5.75 Å². The zero-order chi connectivity index (χ0) is 24.6. The van der Waals surface area contributed by atoms with Crippen LogP contribution in [0.2, 0.25) is 0 Å². The van der Waals surface area contributed by atoms with E-state index in [2.05, 4.69) is 10.2 Å². The molecule has 4 N–H and O–H groups in total. The van der Waals surface area contributed by atoms with Crippen LogP contribution < -0.4 is 10.5 Å². The quantitative estimate of drug-likeness (QED) is 0.343. The van der Waals surface area contributed by atoms with Gasteiger partial charge in [-0.25, -0.2) is 8.42 Å². The Bertz CT molecular complexity index is 1480. The highest BCUT2D eigenvalue weighted by atomic mass is 32.2. The zero-order valence-corrected chi connectivity index (χ0v) is 19.5. The number of fused-ring (bicyclic) bond motifs is 1. The summed E-state index contributed by atoms with van der Waals surface area (Å²) in [6, 6.07) is 20.3. The fourth-order valence-corrected chi connectivity index (χ4v) is 5.88. The van der Waals surface area contributed by atoms with E-state index < -0.39 is 27.6 Å². The van der Waals surface area contributed by atoms with Crippen LogP contribution in [0.15, 0.2) is 83.9 Å². The van der Waals surface area contributed by atoms with Crippen molar-refractivity contribution in [3.05, 3.63) is 90.1 Å². The highest BCUT2D eigenvalue weighted by molar-refractivity contribution is 7.89. The maximum atomic E-state index is 13.4. The van der Waals surface area contributed by atoms with Gasteiger partial charge in [0.1, 0.15) is 11.8 Å². The largest absolute Gasteiger partial charge is 0.480 e. The Labute approximate surface area is 202 Å². The maximum absolute atomic E-state index is 13.4. The molecule has 1 atom stereocenters. The van der Waals surface area contributed by atoms with Crippen molar-refractivity contribution >= 4 is 26.9 Å². The Morgan fingerprint density at radius 2 is 1.89 bits per heavy atom. The lowest BCUT2D eigenvalue weighted by molar-refractivity contribution is -0.138. The van der Waals surface area contributed by atoms with E-state index in [9.17, 15) is 13.2 Å². The highest BCUT2D eigenvalue weighted by Crippen LogP contribution is 2.40. The molecule has 2 heterocycles. The molecule has 0 bridgehead atoms. The smallest absolute Gasteiger partial charge is 0.320 e. The number of aromatic amines is 1. The summed E-state index contributed by atoms with van der Waals surface area (Å²) < 4.78 is 34.6. The molecule has 0 radical (unpaired) electrons. The molecule has 1 fully saturated rings. The van der Waals surface area contributed by atoms with Crippen LogP contribution in [0.5, 0.6) is 5.75 Å². The molecule has 1 aliphatic heterocycles. The predicted octanol–water partition coefficient (Wildman–Crippen LogP) is 2.50. The number of ether oxygens (including phenoxy) is 1. The molecule has 0 unspecified atom stereocenters. The van der Waals surface area contributed by atoms with Crippen LogP contribution in [-0.4, -0.2) is 53.1 Å². The van der Waals surface area contributed by atoms with Gasteiger partial charge in [0.25, 0.3) is 0 Å². The Morgan fingerprint density at radius 1 is 1.11 bits per heavy atom. The summed E-state index contributed by atoms with van der Waals surface area (Å²) >= 11 is 0. The molecule has 1 aromatic heterocycles. The second-order valence-corrected chi connectivity index (χ2v) is 10.6. The molecule has 0 saturated carbocycles. The molecule has 0 spiro atoms. The number of carboxylic acids is 1. The van der Waals surface area contributed by atoms with Crippen LogP contribution in [0.3, 0.4) is 0 Å². The average molecular weight is 493 g/mol. The van der Waals surface area contributed by atoms with Crippen molar-refractivity contribution < 1.29 is 23.1 Å². The van der Waals surface area contributed by atoms with Gasteiger partial charge in [-0.15, -0.1) is 0 Å². The first-order valence-corrected chi connectivity index (χ1v) is 12.5. The highest BCUT2D eigenvalue weighted by Gasteiger charge is 2.52. The van der Waals surface area contributed by atoms with Crippen molar-refractivity contribution in [2.75, 3.05) is 13.1 Å². The number of hydrogen-bond donors (Lipinski definition) is 3. The standard InChI is InChI=1S/C25H24N4O5S/c26-22(24(30)31)12-17-5-4-8-21(11-17)35(32,33)29-15-25(16-29,19-6-2-1-3-7-19)34-20-10-9-18-14-27-28-23(18)13-20/h1-11,13-14,22H,12,15-16,26H2,(H,27,28)(H,30,31)/t22-/m0/s1. The SMILES string of the molecule is N[C@@H](Cc1cccc(S(=O)(=O)N2CC(Oc3ccc4cn[nH]c4c3)(c3ccccc3)C2)c1)C(=O)O. The van der Waals surface area contributed by atoms with Crippen molar-refractivity contribution in [1.82, 2.24) is 14.5 Å². The van der Waals surface area contributed by atoms with Crippen molar-refractivity contribution in [1.29, 1.82) is 0 Å². The van der Waals surface area contributed by atoms with Crippen LogP contribution in [-0.2, 0) is 26.8 Å². The molecule has 5 rings (SSSR count). The lowest BCUT2D eigenvalue weighted by Crippen LogP contribution is -2.64. The van der Waals surface area contributed by atoms with Gasteiger partial charge in [0.05, 0.1) is 29.7 Å². The summed E-state index contributed by atoms with van der Waals surface area (Å²) in [6.45, 7) is 0.248. The molecule has 10 heteroatoms. The number of aromatic nitrogens is 2. The van der Waals surface area contributed by atoms with Gasteiger partial charge < -0.3 is 15.6 Å². The summed E-state index contributed by atoms with van der Waals surface area (Å²) in [7, 11) is -3.83. The Balaban J connectivity index is 1.41. The molecular formula is C25H24N4O5S. The number of carboxylic acid groups (broad SMARTS) is 1. The minimum absolute atomic E-state index is 0.0336. The number of carbonyl (C=O) groups is 1. The monoisotopic (exact) mass is 492 g/mol. The molecular weight excluding hydrogens is 468 g/mol. The molecule has 180 valence electrons. The summed E-state index contributed by atoms with van der Waals surface area (Å²) in [6.07, 6.45) is 1.76. The lowest BCUT2D eigenvalue weighted by Gasteiger charge is -2.48.